The van der Waals surface area contributed by atoms with Gasteiger partial charge in [0.2, 0.25) is 0 Å². The molecular weight excluding hydrogens is 158 g/mol. The Morgan fingerprint density at radius 1 is 1.31 bits per heavy atom. The molecule has 0 aromatic carbocycles. The summed E-state index contributed by atoms with van der Waals surface area (Å²) in [5.41, 5.74) is 0. The van der Waals surface area contributed by atoms with E-state index in [4.69, 9.17) is 0 Å². The molecule has 3 atom stereocenters. The average Bonchev–Trinajstić information content (AvgIpc) is 2.17. The summed E-state index contributed by atoms with van der Waals surface area (Å²) in [5.74, 6) is 2.49. The Kier molecular flexibility index (Phi) is 2.52. The predicted molar refractivity (Wildman–Crippen MR) is 57.1 cm³/mol. The van der Waals surface area contributed by atoms with Crippen LogP contribution in [0.2, 0.25) is 0 Å². The molecule has 0 N–H and O–H groups in total. The van der Waals surface area contributed by atoms with Gasteiger partial charge in [-0.3, -0.25) is 4.99 Å². The van der Waals surface area contributed by atoms with Gasteiger partial charge in [-0.1, -0.05) is 19.9 Å². The zero-order valence-electron chi connectivity index (χ0n) is 8.61. The lowest BCUT2D eigenvalue weighted by Crippen LogP contribution is -2.30. The molecule has 0 aromatic heterocycles. The lowest BCUT2D eigenvalue weighted by atomic mass is 9.73. The van der Waals surface area contributed by atoms with E-state index >= 15 is 0 Å². The molecule has 1 nitrogen and oxygen atoms in total. The monoisotopic (exact) mass is 177 g/mol. The molecule has 0 spiro atoms. The van der Waals surface area contributed by atoms with Gasteiger partial charge in [-0.25, -0.2) is 0 Å². The summed E-state index contributed by atoms with van der Waals surface area (Å²) in [4.78, 5) is 4.57. The highest BCUT2D eigenvalue weighted by Crippen LogP contribution is 2.36. The molecule has 72 valence electrons. The van der Waals surface area contributed by atoms with E-state index in [2.05, 4.69) is 31.0 Å². The van der Waals surface area contributed by atoms with Crippen molar-refractivity contribution in [1.29, 1.82) is 0 Å². The van der Waals surface area contributed by atoms with Gasteiger partial charge in [-0.15, -0.1) is 0 Å². The number of fused-ring (bicyclic) bond motifs is 1. The first-order valence-electron chi connectivity index (χ1n) is 5.47. The van der Waals surface area contributed by atoms with Gasteiger partial charge in [0.05, 0.1) is 6.04 Å². The predicted octanol–water partition coefficient (Wildman–Crippen LogP) is 3.07. The molecule has 13 heavy (non-hydrogen) atoms. The quantitative estimate of drug-likeness (QED) is 0.583. The smallest absolute Gasteiger partial charge is 0.0564 e. The Balaban J connectivity index is 2.00. The van der Waals surface area contributed by atoms with Crippen molar-refractivity contribution in [3.8, 4) is 0 Å². The van der Waals surface area contributed by atoms with E-state index in [0.29, 0.717) is 6.04 Å². The third-order valence-corrected chi connectivity index (χ3v) is 3.57. The molecule has 1 heterocycles. The van der Waals surface area contributed by atoms with E-state index in [9.17, 15) is 0 Å². The van der Waals surface area contributed by atoms with E-state index in [-0.39, 0.29) is 0 Å². The summed E-state index contributed by atoms with van der Waals surface area (Å²) >= 11 is 0. The first kappa shape index (κ1) is 8.98. The molecule has 2 rings (SSSR count). The lowest BCUT2D eigenvalue weighted by Gasteiger charge is -2.35. The van der Waals surface area contributed by atoms with E-state index < -0.39 is 0 Å². The highest BCUT2D eigenvalue weighted by atomic mass is 14.8. The van der Waals surface area contributed by atoms with Gasteiger partial charge >= 0.3 is 0 Å². The van der Waals surface area contributed by atoms with Crippen LogP contribution in [0, 0.1) is 17.8 Å². The summed E-state index contributed by atoms with van der Waals surface area (Å²) in [5, 5.41) is 0. The molecule has 1 fully saturated rings. The van der Waals surface area contributed by atoms with E-state index in [1.165, 1.54) is 19.3 Å². The summed E-state index contributed by atoms with van der Waals surface area (Å²) < 4.78 is 0. The Labute approximate surface area is 80.9 Å². The second-order valence-electron chi connectivity index (χ2n) is 4.73. The van der Waals surface area contributed by atoms with Crippen LogP contribution < -0.4 is 0 Å². The van der Waals surface area contributed by atoms with Crippen LogP contribution in [0.1, 0.15) is 33.1 Å². The molecule has 1 saturated carbocycles. The van der Waals surface area contributed by atoms with Crippen LogP contribution in [-0.2, 0) is 0 Å². The van der Waals surface area contributed by atoms with Gasteiger partial charge in [0, 0.05) is 6.21 Å². The van der Waals surface area contributed by atoms with Crippen LogP contribution in [-0.4, -0.2) is 12.3 Å². The molecule has 1 heteroatoms. The minimum atomic E-state index is 0.603. The highest BCUT2D eigenvalue weighted by molar-refractivity contribution is 5.72. The van der Waals surface area contributed by atoms with Crippen LogP contribution in [0.5, 0.6) is 0 Å². The van der Waals surface area contributed by atoms with Gasteiger partial charge in [0.15, 0.2) is 0 Å². The average molecular weight is 177 g/mol. The molecule has 0 amide bonds. The fraction of sp³-hybridized carbons (Fsp3) is 0.750. The van der Waals surface area contributed by atoms with Crippen molar-refractivity contribution in [3.05, 3.63) is 12.2 Å². The molecular formula is C12H19N. The standard InChI is InChI=1S/C12H19N/c1-9(2)11-6-5-10-4-3-7-13-12(10)8-11/h3-4,7,9-12H,5-6,8H2,1-2H3. The number of rotatable bonds is 1. The maximum Gasteiger partial charge on any atom is 0.0564 e. The molecule has 3 unspecified atom stereocenters. The first-order chi connectivity index (χ1) is 6.27. The summed E-state index contributed by atoms with van der Waals surface area (Å²) in [6.45, 7) is 4.68. The van der Waals surface area contributed by atoms with E-state index in [1.54, 1.807) is 0 Å². The highest BCUT2D eigenvalue weighted by Gasteiger charge is 2.30. The van der Waals surface area contributed by atoms with Crippen molar-refractivity contribution in [2.75, 3.05) is 0 Å². The number of hydrogen-bond donors (Lipinski definition) is 0. The number of hydrogen-bond acceptors (Lipinski definition) is 1. The zero-order valence-corrected chi connectivity index (χ0v) is 8.61. The van der Waals surface area contributed by atoms with Gasteiger partial charge < -0.3 is 0 Å². The van der Waals surface area contributed by atoms with Gasteiger partial charge in [-0.05, 0) is 43.1 Å². The SMILES string of the molecule is CC(C)C1CCC2C=CC=NC2C1. The molecule has 1 aliphatic carbocycles. The van der Waals surface area contributed by atoms with Crippen LogP contribution >= 0.6 is 0 Å². The zero-order chi connectivity index (χ0) is 9.26. The van der Waals surface area contributed by atoms with Crippen LogP contribution in [0.25, 0.3) is 0 Å². The van der Waals surface area contributed by atoms with Gasteiger partial charge in [-0.2, -0.15) is 0 Å². The summed E-state index contributed by atoms with van der Waals surface area (Å²) in [6.07, 6.45) is 10.5. The number of dihydropyridines is 1. The Morgan fingerprint density at radius 3 is 2.92 bits per heavy atom. The normalized spacial score (nSPS) is 37.9. The maximum atomic E-state index is 4.57. The molecule has 0 aromatic rings. The fourth-order valence-corrected chi connectivity index (χ4v) is 2.56. The van der Waals surface area contributed by atoms with Crippen LogP contribution in [0.4, 0.5) is 0 Å². The number of nitrogens with zero attached hydrogens (tertiary/aromatic N) is 1. The van der Waals surface area contributed by atoms with Crippen molar-refractivity contribution >= 4 is 6.21 Å². The van der Waals surface area contributed by atoms with Crippen LogP contribution in [0.15, 0.2) is 17.1 Å². The van der Waals surface area contributed by atoms with Gasteiger partial charge in [0.1, 0.15) is 0 Å². The van der Waals surface area contributed by atoms with Crippen molar-refractivity contribution in [2.45, 2.75) is 39.2 Å². The summed E-state index contributed by atoms with van der Waals surface area (Å²) in [6, 6.07) is 0.603. The molecule has 0 radical (unpaired) electrons. The van der Waals surface area contributed by atoms with Crippen molar-refractivity contribution < 1.29 is 0 Å². The number of allylic oxidation sites excluding steroid dienone is 1. The summed E-state index contributed by atoms with van der Waals surface area (Å²) in [7, 11) is 0. The molecule has 2 aliphatic rings. The van der Waals surface area contributed by atoms with Gasteiger partial charge in [0.25, 0.3) is 0 Å². The minimum absolute atomic E-state index is 0.603. The van der Waals surface area contributed by atoms with E-state index in [0.717, 1.165) is 17.8 Å². The molecule has 0 saturated heterocycles. The van der Waals surface area contributed by atoms with E-state index in [1.807, 2.05) is 6.21 Å². The van der Waals surface area contributed by atoms with Crippen molar-refractivity contribution in [2.24, 2.45) is 22.7 Å². The number of aliphatic imine (C=N–C) groups is 1. The third kappa shape index (κ3) is 1.84. The fourth-order valence-electron chi connectivity index (χ4n) is 2.56. The first-order valence-corrected chi connectivity index (χ1v) is 5.47. The van der Waals surface area contributed by atoms with Crippen molar-refractivity contribution in [1.82, 2.24) is 0 Å². The Bertz CT molecular complexity index is 227. The topological polar surface area (TPSA) is 12.4 Å². The Hall–Kier alpha value is -0.590. The molecule has 1 aliphatic heterocycles. The second-order valence-corrected chi connectivity index (χ2v) is 4.73. The lowest BCUT2D eigenvalue weighted by molar-refractivity contribution is 0.221. The molecule has 0 bridgehead atoms. The van der Waals surface area contributed by atoms with Crippen molar-refractivity contribution in [3.63, 3.8) is 0 Å². The maximum absolute atomic E-state index is 4.57. The minimum Gasteiger partial charge on any atom is -0.289 e. The second kappa shape index (κ2) is 3.65. The Morgan fingerprint density at radius 2 is 2.15 bits per heavy atom. The largest absolute Gasteiger partial charge is 0.289 e. The van der Waals surface area contributed by atoms with Crippen LogP contribution in [0.3, 0.4) is 0 Å². The third-order valence-electron chi connectivity index (χ3n) is 3.57.